The molecule has 5 heteroatoms. The van der Waals surface area contributed by atoms with Crippen LogP contribution in [0.4, 0.5) is 11.4 Å². The summed E-state index contributed by atoms with van der Waals surface area (Å²) >= 11 is 3.32. The number of ether oxygens (including phenoxy) is 1. The van der Waals surface area contributed by atoms with Gasteiger partial charge >= 0.3 is 0 Å². The largest absolute Gasteiger partial charge is 0.497 e. The summed E-state index contributed by atoms with van der Waals surface area (Å²) in [7, 11) is 1.56. The van der Waals surface area contributed by atoms with Crippen LogP contribution in [0.2, 0.25) is 0 Å². The Kier molecular flexibility index (Phi) is 4.06. The average molecular weight is 321 g/mol. The van der Waals surface area contributed by atoms with E-state index >= 15 is 0 Å². The first kappa shape index (κ1) is 13.4. The molecule has 2 rings (SSSR count). The number of carbonyl (C=O) groups is 1. The number of nitrogens with two attached hydrogens (primary N) is 1. The number of hydrogen-bond acceptors (Lipinski definition) is 3. The van der Waals surface area contributed by atoms with Gasteiger partial charge in [-0.05, 0) is 36.4 Å². The van der Waals surface area contributed by atoms with E-state index in [1.165, 1.54) is 0 Å². The first-order chi connectivity index (χ1) is 9.10. The molecule has 0 aliphatic rings. The van der Waals surface area contributed by atoms with Crippen LogP contribution in [0.5, 0.6) is 5.75 Å². The highest BCUT2D eigenvalue weighted by atomic mass is 79.9. The number of benzene rings is 2. The van der Waals surface area contributed by atoms with E-state index in [-0.39, 0.29) is 5.91 Å². The van der Waals surface area contributed by atoms with Crippen molar-refractivity contribution in [1.82, 2.24) is 0 Å². The van der Waals surface area contributed by atoms with Crippen molar-refractivity contribution in [2.24, 2.45) is 0 Å². The maximum atomic E-state index is 12.1. The van der Waals surface area contributed by atoms with Crippen LogP contribution in [0.1, 0.15) is 10.4 Å². The molecule has 98 valence electrons. The molecule has 0 aliphatic carbocycles. The molecule has 0 saturated carbocycles. The normalized spacial score (nSPS) is 10.0. The molecule has 4 nitrogen and oxygen atoms in total. The van der Waals surface area contributed by atoms with Crippen LogP contribution in [0, 0.1) is 0 Å². The Morgan fingerprint density at radius 3 is 2.74 bits per heavy atom. The van der Waals surface area contributed by atoms with Crippen molar-refractivity contribution in [3.05, 3.63) is 52.5 Å². The van der Waals surface area contributed by atoms with Gasteiger partial charge in [0.05, 0.1) is 18.5 Å². The van der Waals surface area contributed by atoms with Gasteiger partial charge in [-0.15, -0.1) is 0 Å². The van der Waals surface area contributed by atoms with Crippen LogP contribution in [-0.2, 0) is 0 Å². The maximum Gasteiger partial charge on any atom is 0.255 e. The van der Waals surface area contributed by atoms with Crippen molar-refractivity contribution in [3.8, 4) is 5.75 Å². The zero-order chi connectivity index (χ0) is 13.8. The number of hydrogen-bond donors (Lipinski definition) is 2. The van der Waals surface area contributed by atoms with Crippen molar-refractivity contribution >= 4 is 33.2 Å². The van der Waals surface area contributed by atoms with Crippen LogP contribution < -0.4 is 15.8 Å². The molecule has 2 aromatic rings. The molecule has 0 bridgehead atoms. The fraction of sp³-hybridized carbons (Fsp3) is 0.0714. The molecule has 0 fully saturated rings. The first-order valence-electron chi connectivity index (χ1n) is 5.60. The molecule has 0 aliphatic heterocycles. The topological polar surface area (TPSA) is 64.3 Å². The van der Waals surface area contributed by atoms with Gasteiger partial charge in [0.25, 0.3) is 5.91 Å². The minimum atomic E-state index is -0.229. The minimum Gasteiger partial charge on any atom is -0.497 e. The molecule has 0 aromatic heterocycles. The van der Waals surface area contributed by atoms with Crippen LogP contribution >= 0.6 is 15.9 Å². The van der Waals surface area contributed by atoms with E-state index in [0.717, 1.165) is 4.47 Å². The Bertz CT molecular complexity index is 614. The van der Waals surface area contributed by atoms with Crippen molar-refractivity contribution in [2.45, 2.75) is 0 Å². The first-order valence-corrected chi connectivity index (χ1v) is 6.40. The lowest BCUT2D eigenvalue weighted by atomic mass is 10.2. The van der Waals surface area contributed by atoms with E-state index in [1.807, 2.05) is 6.07 Å². The number of amides is 1. The molecule has 0 heterocycles. The Balaban J connectivity index is 2.20. The highest BCUT2D eigenvalue weighted by Gasteiger charge is 2.09. The number of methoxy groups -OCH3 is 1. The smallest absolute Gasteiger partial charge is 0.255 e. The number of carbonyl (C=O) groups excluding carboxylic acids is 1. The standard InChI is InChI=1S/C14H13BrN2O2/c1-19-11-4-2-3-9(7-11)14(18)17-13-6-5-10(15)8-12(13)16/h2-8H,16H2,1H3,(H,17,18). The van der Waals surface area contributed by atoms with E-state index in [1.54, 1.807) is 43.5 Å². The highest BCUT2D eigenvalue weighted by molar-refractivity contribution is 9.10. The summed E-state index contributed by atoms with van der Waals surface area (Å²) in [6, 6.07) is 12.2. The zero-order valence-electron chi connectivity index (χ0n) is 10.3. The Labute approximate surface area is 119 Å². The second-order valence-electron chi connectivity index (χ2n) is 3.92. The zero-order valence-corrected chi connectivity index (χ0v) is 11.9. The van der Waals surface area contributed by atoms with Crippen LogP contribution in [0.25, 0.3) is 0 Å². The SMILES string of the molecule is COc1cccc(C(=O)Nc2ccc(Br)cc2N)c1. The molecular formula is C14H13BrN2O2. The van der Waals surface area contributed by atoms with Gasteiger partial charge in [-0.1, -0.05) is 22.0 Å². The van der Waals surface area contributed by atoms with Gasteiger partial charge in [0.1, 0.15) is 5.75 Å². The van der Waals surface area contributed by atoms with Crippen LogP contribution in [-0.4, -0.2) is 13.0 Å². The average Bonchev–Trinajstić information content (AvgIpc) is 2.42. The summed E-state index contributed by atoms with van der Waals surface area (Å²) in [4.78, 5) is 12.1. The Morgan fingerprint density at radius 2 is 2.05 bits per heavy atom. The molecule has 0 radical (unpaired) electrons. The third kappa shape index (κ3) is 3.26. The number of nitrogens with one attached hydrogen (secondary N) is 1. The number of nitrogen functional groups attached to an aromatic ring is 1. The van der Waals surface area contributed by atoms with Gasteiger partial charge in [0.2, 0.25) is 0 Å². The lowest BCUT2D eigenvalue weighted by Crippen LogP contribution is -2.13. The van der Waals surface area contributed by atoms with E-state index < -0.39 is 0 Å². The van der Waals surface area contributed by atoms with E-state index in [4.69, 9.17) is 10.5 Å². The fourth-order valence-corrected chi connectivity index (χ4v) is 1.99. The number of rotatable bonds is 3. The van der Waals surface area contributed by atoms with Gasteiger partial charge in [-0.3, -0.25) is 4.79 Å². The van der Waals surface area contributed by atoms with E-state index in [9.17, 15) is 4.79 Å². The van der Waals surface area contributed by atoms with Gasteiger partial charge in [-0.2, -0.15) is 0 Å². The maximum absolute atomic E-state index is 12.1. The summed E-state index contributed by atoms with van der Waals surface area (Å²) in [5, 5.41) is 2.76. The van der Waals surface area contributed by atoms with Crippen LogP contribution in [0.15, 0.2) is 46.9 Å². The second-order valence-corrected chi connectivity index (χ2v) is 4.83. The fourth-order valence-electron chi connectivity index (χ4n) is 1.61. The summed E-state index contributed by atoms with van der Waals surface area (Å²) in [5.74, 6) is 0.407. The second kappa shape index (κ2) is 5.75. The molecule has 3 N–H and O–H groups in total. The summed E-state index contributed by atoms with van der Waals surface area (Å²) < 4.78 is 5.95. The summed E-state index contributed by atoms with van der Waals surface area (Å²) in [5.41, 5.74) is 7.43. The van der Waals surface area contributed by atoms with Crippen molar-refractivity contribution in [1.29, 1.82) is 0 Å². The van der Waals surface area contributed by atoms with Crippen LogP contribution in [0.3, 0.4) is 0 Å². The highest BCUT2D eigenvalue weighted by Crippen LogP contribution is 2.24. The van der Waals surface area contributed by atoms with Gasteiger partial charge in [-0.25, -0.2) is 0 Å². The molecular weight excluding hydrogens is 308 g/mol. The summed E-state index contributed by atoms with van der Waals surface area (Å²) in [6.45, 7) is 0. The van der Waals surface area contributed by atoms with Crippen molar-refractivity contribution in [2.75, 3.05) is 18.2 Å². The number of anilines is 2. The van der Waals surface area contributed by atoms with E-state index in [0.29, 0.717) is 22.7 Å². The molecule has 0 atom stereocenters. The van der Waals surface area contributed by atoms with Gasteiger partial charge in [0.15, 0.2) is 0 Å². The Morgan fingerprint density at radius 1 is 1.26 bits per heavy atom. The lowest BCUT2D eigenvalue weighted by molar-refractivity contribution is 0.102. The Hall–Kier alpha value is -2.01. The molecule has 0 unspecified atom stereocenters. The molecule has 19 heavy (non-hydrogen) atoms. The van der Waals surface area contributed by atoms with Crippen molar-refractivity contribution in [3.63, 3.8) is 0 Å². The molecule has 2 aromatic carbocycles. The molecule has 0 spiro atoms. The summed E-state index contributed by atoms with van der Waals surface area (Å²) in [6.07, 6.45) is 0. The lowest BCUT2D eigenvalue weighted by Gasteiger charge is -2.09. The van der Waals surface area contributed by atoms with E-state index in [2.05, 4.69) is 21.2 Å². The third-order valence-corrected chi connectivity index (χ3v) is 3.09. The van der Waals surface area contributed by atoms with Gasteiger partial charge < -0.3 is 15.8 Å². The minimum absolute atomic E-state index is 0.229. The quantitative estimate of drug-likeness (QED) is 0.853. The molecule has 0 saturated heterocycles. The predicted molar refractivity (Wildman–Crippen MR) is 79.5 cm³/mol. The third-order valence-electron chi connectivity index (χ3n) is 2.59. The van der Waals surface area contributed by atoms with Crippen molar-refractivity contribution < 1.29 is 9.53 Å². The molecule has 1 amide bonds. The predicted octanol–water partition coefficient (Wildman–Crippen LogP) is 3.29. The number of halogens is 1. The monoisotopic (exact) mass is 320 g/mol. The van der Waals surface area contributed by atoms with Gasteiger partial charge in [0, 0.05) is 10.0 Å².